The largest absolute Gasteiger partial charge is 0.412 e. The molecular weight excluding hydrogens is 439 g/mol. The third-order valence-electron chi connectivity index (χ3n) is 4.58. The van der Waals surface area contributed by atoms with Crippen LogP contribution in [0.3, 0.4) is 0 Å². The Balaban J connectivity index is 0. The van der Waals surface area contributed by atoms with E-state index >= 15 is 0 Å². The predicted octanol–water partition coefficient (Wildman–Crippen LogP) is 5.31. The molecule has 0 radical (unpaired) electrons. The molecule has 0 spiro atoms. The molecule has 0 saturated carbocycles. The fourth-order valence-electron chi connectivity index (χ4n) is 3.05. The zero-order chi connectivity index (χ0) is 19.1. The van der Waals surface area contributed by atoms with Crippen molar-refractivity contribution in [3.63, 3.8) is 0 Å². The molecule has 0 amide bonds. The van der Waals surface area contributed by atoms with Gasteiger partial charge in [0, 0.05) is 0 Å². The molecule has 0 rings (SSSR count). The minimum atomic E-state index is -3.69. The molecule has 0 fully saturated rings. The summed E-state index contributed by atoms with van der Waals surface area (Å²) >= 11 is -3.69. The van der Waals surface area contributed by atoms with E-state index in [2.05, 4.69) is 27.7 Å². The molecule has 156 valence electrons. The number of rotatable bonds is 15. The Bertz CT molecular complexity index is 357. The fraction of sp³-hybridized carbons (Fsp3) is 0.900. The zero-order valence-corrected chi connectivity index (χ0v) is 20.5. The first-order valence-electron chi connectivity index (χ1n) is 10.4. The van der Waals surface area contributed by atoms with Gasteiger partial charge in [0.1, 0.15) is 0 Å². The molecule has 5 nitrogen and oxygen atoms in total. The standard InChI is InChI=1S/C10H20O2.2C4H9.C2H4O2.H2O.Sn/c1-3-5-7-9(10(11)12)8-6-4-2;2*1-3-4-2;1-2(3)4;;/h9H,3-8H2,1-2H3,(H,11,12);2*1,3-4H2,2H3;1H3,(H,3,4);1H2;/q;;;;;+2/p-2. The van der Waals surface area contributed by atoms with E-state index in [1.165, 1.54) is 6.92 Å². The third kappa shape index (κ3) is 12.2. The van der Waals surface area contributed by atoms with E-state index < -0.39 is 19.2 Å². The van der Waals surface area contributed by atoms with Crippen LogP contribution in [0.25, 0.3) is 0 Å². The van der Waals surface area contributed by atoms with E-state index in [9.17, 15) is 9.59 Å². The van der Waals surface area contributed by atoms with Crippen LogP contribution in [0.4, 0.5) is 0 Å². The van der Waals surface area contributed by atoms with E-state index in [1.54, 1.807) is 0 Å². The van der Waals surface area contributed by atoms with Gasteiger partial charge in [-0.3, -0.25) is 0 Å². The summed E-state index contributed by atoms with van der Waals surface area (Å²) in [6.45, 7) is 9.98. The Morgan fingerprint density at radius 1 is 0.769 bits per heavy atom. The van der Waals surface area contributed by atoms with E-state index in [-0.39, 0.29) is 23.3 Å². The number of hydrogen-bond acceptors (Lipinski definition) is 4. The number of hydrogen-bond donors (Lipinski definition) is 0. The second-order valence-electron chi connectivity index (χ2n) is 7.11. The van der Waals surface area contributed by atoms with Gasteiger partial charge in [-0.15, -0.1) is 0 Å². The van der Waals surface area contributed by atoms with Crippen molar-refractivity contribution in [3.8, 4) is 0 Å². The Kier molecular flexibility index (Phi) is 18.1. The molecule has 0 aromatic carbocycles. The maximum atomic E-state index is 12.9. The van der Waals surface area contributed by atoms with E-state index in [0.29, 0.717) is 0 Å². The predicted molar refractivity (Wildman–Crippen MR) is 109 cm³/mol. The molecule has 6 heteroatoms. The summed E-state index contributed by atoms with van der Waals surface area (Å²) < 4.78 is 13.5. The summed E-state index contributed by atoms with van der Waals surface area (Å²) in [6.07, 6.45) is 10.0. The topological polar surface area (TPSA) is 84.1 Å². The van der Waals surface area contributed by atoms with E-state index in [0.717, 1.165) is 73.1 Å². The first-order chi connectivity index (χ1) is 11.9. The van der Waals surface area contributed by atoms with Crippen molar-refractivity contribution in [2.45, 2.75) is 108 Å². The van der Waals surface area contributed by atoms with Crippen LogP contribution in [-0.2, 0) is 15.7 Å². The minimum absolute atomic E-state index is 0. The summed E-state index contributed by atoms with van der Waals surface area (Å²) in [5, 5.41) is 0. The molecule has 0 aromatic heterocycles. The van der Waals surface area contributed by atoms with Crippen molar-refractivity contribution in [1.82, 2.24) is 0 Å². The second-order valence-corrected chi connectivity index (χ2v) is 16.3. The van der Waals surface area contributed by atoms with Gasteiger partial charge in [0.25, 0.3) is 0 Å². The van der Waals surface area contributed by atoms with Gasteiger partial charge in [-0.05, 0) is 0 Å². The van der Waals surface area contributed by atoms with Crippen molar-refractivity contribution in [2.24, 2.45) is 5.92 Å². The van der Waals surface area contributed by atoms with Gasteiger partial charge in [0.05, 0.1) is 0 Å². The molecule has 0 aliphatic heterocycles. The molecule has 0 aliphatic carbocycles. The monoisotopic (exact) mass is 482 g/mol. The van der Waals surface area contributed by atoms with Crippen molar-refractivity contribution in [3.05, 3.63) is 0 Å². The number of unbranched alkanes of at least 4 members (excludes halogenated alkanes) is 4. The maximum Gasteiger partial charge on any atom is -0.412 e. The Hall–Kier alpha value is -0.301. The Morgan fingerprint density at radius 2 is 1.19 bits per heavy atom. The van der Waals surface area contributed by atoms with Crippen LogP contribution >= 0.6 is 0 Å². The van der Waals surface area contributed by atoms with Crippen LogP contribution in [0.5, 0.6) is 0 Å². The van der Waals surface area contributed by atoms with Crippen molar-refractivity contribution in [2.75, 3.05) is 0 Å². The Morgan fingerprint density at radius 3 is 1.54 bits per heavy atom. The molecule has 0 aliphatic rings. The average molecular weight is 481 g/mol. The first-order valence-corrected chi connectivity index (χ1v) is 16.7. The fourth-order valence-corrected chi connectivity index (χ4v) is 13.2. The normalized spacial score (nSPS) is 11.2. The molecule has 2 N–H and O–H groups in total. The quantitative estimate of drug-likeness (QED) is 0.297. The summed E-state index contributed by atoms with van der Waals surface area (Å²) in [7, 11) is 0. The SMILES string of the molecule is CCCCC(CCCC)C(=O)[O][Sn]([CH2]CCC)([CH2]CCC)[O]C(C)=O.O. The van der Waals surface area contributed by atoms with Gasteiger partial charge in [0.2, 0.25) is 0 Å². The van der Waals surface area contributed by atoms with Gasteiger partial charge in [-0.25, -0.2) is 0 Å². The first kappa shape index (κ1) is 27.9. The van der Waals surface area contributed by atoms with Crippen LogP contribution in [0.15, 0.2) is 0 Å². The van der Waals surface area contributed by atoms with Crippen LogP contribution in [-0.4, -0.2) is 36.6 Å². The molecule has 26 heavy (non-hydrogen) atoms. The molecule has 0 atom stereocenters. The second kappa shape index (κ2) is 16.8. The van der Waals surface area contributed by atoms with Gasteiger partial charge >= 0.3 is 160 Å². The van der Waals surface area contributed by atoms with Crippen molar-refractivity contribution >= 4 is 31.1 Å². The van der Waals surface area contributed by atoms with E-state index in [4.69, 9.17) is 6.15 Å². The van der Waals surface area contributed by atoms with Crippen LogP contribution < -0.4 is 0 Å². The smallest absolute Gasteiger partial charge is 0.412 e. The van der Waals surface area contributed by atoms with Crippen molar-refractivity contribution < 1.29 is 21.2 Å². The molecule has 0 saturated heterocycles. The third-order valence-corrected chi connectivity index (χ3v) is 14.5. The summed E-state index contributed by atoms with van der Waals surface area (Å²) in [5.41, 5.74) is 0. The zero-order valence-electron chi connectivity index (χ0n) is 17.7. The van der Waals surface area contributed by atoms with Crippen LogP contribution in [0, 0.1) is 5.92 Å². The molecule has 0 unspecified atom stereocenters. The molecule has 0 aromatic rings. The summed E-state index contributed by atoms with van der Waals surface area (Å²) in [4.78, 5) is 24.6. The van der Waals surface area contributed by atoms with Crippen LogP contribution in [0.1, 0.15) is 98.8 Å². The minimum Gasteiger partial charge on any atom is -0.412 e. The average Bonchev–Trinajstić information content (AvgIpc) is 2.57. The summed E-state index contributed by atoms with van der Waals surface area (Å²) in [6, 6.07) is 0. The molecule has 0 bridgehead atoms. The van der Waals surface area contributed by atoms with Gasteiger partial charge < -0.3 is 5.48 Å². The molecule has 0 heterocycles. The van der Waals surface area contributed by atoms with Gasteiger partial charge in [-0.2, -0.15) is 0 Å². The van der Waals surface area contributed by atoms with Gasteiger partial charge in [0.15, 0.2) is 0 Å². The Labute approximate surface area is 165 Å². The van der Waals surface area contributed by atoms with E-state index in [1.807, 2.05) is 0 Å². The summed E-state index contributed by atoms with van der Waals surface area (Å²) in [5.74, 6) is -0.407. The number of carbonyl (C=O) groups is 2. The van der Waals surface area contributed by atoms with Crippen molar-refractivity contribution in [1.29, 1.82) is 0 Å². The maximum absolute atomic E-state index is 12.9. The number of carbonyl (C=O) groups excluding carboxylic acids is 2. The van der Waals surface area contributed by atoms with Crippen LogP contribution in [0.2, 0.25) is 8.87 Å². The van der Waals surface area contributed by atoms with Gasteiger partial charge in [-0.1, -0.05) is 0 Å². The molecular formula is C20H42O5Sn.